The van der Waals surface area contributed by atoms with Crippen molar-refractivity contribution in [2.75, 3.05) is 6.61 Å². The van der Waals surface area contributed by atoms with E-state index in [-0.39, 0.29) is 6.61 Å². The SMILES string of the molecule is Cc1ccccc1C=CCOC(=O)O. The molecule has 1 N–H and O–H groups in total. The average Bonchev–Trinajstić information content (AvgIpc) is 2.15. The van der Waals surface area contributed by atoms with Crippen molar-refractivity contribution in [2.45, 2.75) is 6.92 Å². The molecule has 0 atom stereocenters. The minimum absolute atomic E-state index is 0.0870. The van der Waals surface area contributed by atoms with Gasteiger partial charge in [-0.1, -0.05) is 30.3 Å². The lowest BCUT2D eigenvalue weighted by Gasteiger charge is -1.98. The first kappa shape index (κ1) is 10.3. The predicted octanol–water partition coefficient (Wildman–Crippen LogP) is 2.70. The first-order valence-electron chi connectivity index (χ1n) is 4.28. The summed E-state index contributed by atoms with van der Waals surface area (Å²) in [5.41, 5.74) is 2.22. The summed E-state index contributed by atoms with van der Waals surface area (Å²) in [6.45, 7) is 2.08. The Morgan fingerprint density at radius 2 is 2.21 bits per heavy atom. The van der Waals surface area contributed by atoms with E-state index in [2.05, 4.69) is 4.74 Å². The topological polar surface area (TPSA) is 46.5 Å². The highest BCUT2D eigenvalue weighted by Gasteiger charge is 1.92. The van der Waals surface area contributed by atoms with Gasteiger partial charge in [0, 0.05) is 0 Å². The number of ether oxygens (including phenoxy) is 1. The van der Waals surface area contributed by atoms with Crippen LogP contribution in [0.3, 0.4) is 0 Å². The standard InChI is InChI=1S/C11H12O3/c1-9-5-2-3-6-10(9)7-4-8-14-11(12)13/h2-7H,8H2,1H3,(H,12,13). The highest BCUT2D eigenvalue weighted by Crippen LogP contribution is 2.08. The monoisotopic (exact) mass is 192 g/mol. The summed E-state index contributed by atoms with van der Waals surface area (Å²) in [5, 5.41) is 8.21. The number of hydrogen-bond donors (Lipinski definition) is 1. The predicted molar refractivity (Wildman–Crippen MR) is 54.2 cm³/mol. The summed E-state index contributed by atoms with van der Waals surface area (Å²) in [7, 11) is 0. The summed E-state index contributed by atoms with van der Waals surface area (Å²) >= 11 is 0. The van der Waals surface area contributed by atoms with Crippen molar-refractivity contribution in [1.82, 2.24) is 0 Å². The summed E-state index contributed by atoms with van der Waals surface area (Å²) in [6, 6.07) is 7.86. The number of hydrogen-bond acceptors (Lipinski definition) is 2. The van der Waals surface area contributed by atoms with Crippen LogP contribution in [-0.4, -0.2) is 17.9 Å². The molecule has 0 radical (unpaired) electrons. The Balaban J connectivity index is 2.52. The Kier molecular flexibility index (Phi) is 3.73. The molecule has 0 aliphatic heterocycles. The Bertz CT molecular complexity index is 342. The van der Waals surface area contributed by atoms with Crippen LogP contribution in [0.1, 0.15) is 11.1 Å². The molecule has 0 heterocycles. The van der Waals surface area contributed by atoms with E-state index in [9.17, 15) is 4.79 Å². The third-order valence-electron chi connectivity index (χ3n) is 1.79. The van der Waals surface area contributed by atoms with Crippen LogP contribution in [0.2, 0.25) is 0 Å². The van der Waals surface area contributed by atoms with Crippen LogP contribution >= 0.6 is 0 Å². The maximum atomic E-state index is 10.0. The van der Waals surface area contributed by atoms with Gasteiger partial charge in [0.05, 0.1) is 0 Å². The molecule has 0 saturated heterocycles. The molecule has 0 bridgehead atoms. The largest absolute Gasteiger partial charge is 0.506 e. The maximum absolute atomic E-state index is 10.0. The number of carbonyl (C=O) groups is 1. The van der Waals surface area contributed by atoms with Crippen molar-refractivity contribution < 1.29 is 14.6 Å². The van der Waals surface area contributed by atoms with Gasteiger partial charge in [-0.15, -0.1) is 0 Å². The lowest BCUT2D eigenvalue weighted by Crippen LogP contribution is -1.98. The van der Waals surface area contributed by atoms with Crippen LogP contribution in [0, 0.1) is 6.92 Å². The Hall–Kier alpha value is -1.77. The second kappa shape index (κ2) is 5.07. The van der Waals surface area contributed by atoms with Gasteiger partial charge in [0.2, 0.25) is 0 Å². The number of rotatable bonds is 3. The molecule has 0 saturated carbocycles. The zero-order valence-corrected chi connectivity index (χ0v) is 7.93. The van der Waals surface area contributed by atoms with Crippen LogP contribution in [0.25, 0.3) is 6.08 Å². The fourth-order valence-electron chi connectivity index (χ4n) is 1.07. The van der Waals surface area contributed by atoms with E-state index >= 15 is 0 Å². The molecular formula is C11H12O3. The summed E-state index contributed by atoms with van der Waals surface area (Å²) < 4.78 is 4.33. The molecule has 3 heteroatoms. The Labute approximate surface area is 82.6 Å². The third-order valence-corrected chi connectivity index (χ3v) is 1.79. The van der Waals surface area contributed by atoms with Crippen LogP contribution in [0.4, 0.5) is 4.79 Å². The fourth-order valence-corrected chi connectivity index (χ4v) is 1.07. The smallest absolute Gasteiger partial charge is 0.450 e. The molecule has 0 unspecified atom stereocenters. The van der Waals surface area contributed by atoms with Gasteiger partial charge in [-0.25, -0.2) is 4.79 Å². The average molecular weight is 192 g/mol. The highest BCUT2D eigenvalue weighted by atomic mass is 16.7. The lowest BCUT2D eigenvalue weighted by atomic mass is 10.1. The number of benzene rings is 1. The highest BCUT2D eigenvalue weighted by molar-refractivity contribution is 5.58. The molecule has 0 spiro atoms. The Morgan fingerprint density at radius 1 is 1.50 bits per heavy atom. The molecule has 74 valence electrons. The first-order chi connectivity index (χ1) is 6.70. The second-order valence-corrected chi connectivity index (χ2v) is 2.84. The molecule has 0 fully saturated rings. The van der Waals surface area contributed by atoms with E-state index in [4.69, 9.17) is 5.11 Å². The first-order valence-corrected chi connectivity index (χ1v) is 4.28. The van der Waals surface area contributed by atoms with E-state index in [0.717, 1.165) is 11.1 Å². The van der Waals surface area contributed by atoms with Crippen LogP contribution in [-0.2, 0) is 4.74 Å². The van der Waals surface area contributed by atoms with E-state index < -0.39 is 6.16 Å². The Morgan fingerprint density at radius 3 is 2.86 bits per heavy atom. The van der Waals surface area contributed by atoms with Gasteiger partial charge in [0.25, 0.3) is 0 Å². The molecule has 0 aromatic heterocycles. The van der Waals surface area contributed by atoms with Crippen molar-refractivity contribution in [3.8, 4) is 0 Å². The van der Waals surface area contributed by atoms with Crippen molar-refractivity contribution in [3.63, 3.8) is 0 Å². The fraction of sp³-hybridized carbons (Fsp3) is 0.182. The quantitative estimate of drug-likeness (QED) is 0.749. The van der Waals surface area contributed by atoms with Crippen molar-refractivity contribution in [1.29, 1.82) is 0 Å². The molecule has 14 heavy (non-hydrogen) atoms. The van der Waals surface area contributed by atoms with Gasteiger partial charge in [-0.3, -0.25) is 0 Å². The number of carboxylic acid groups (broad SMARTS) is 1. The molecule has 0 aliphatic carbocycles. The number of aryl methyl sites for hydroxylation is 1. The van der Waals surface area contributed by atoms with Gasteiger partial charge in [-0.2, -0.15) is 0 Å². The van der Waals surface area contributed by atoms with Crippen molar-refractivity contribution in [2.24, 2.45) is 0 Å². The van der Waals surface area contributed by atoms with E-state index in [1.165, 1.54) is 0 Å². The molecule has 1 aromatic rings. The van der Waals surface area contributed by atoms with Crippen molar-refractivity contribution >= 4 is 12.2 Å². The summed E-state index contributed by atoms with van der Waals surface area (Å²) in [5.74, 6) is 0. The molecule has 0 aliphatic rings. The molecule has 1 rings (SSSR count). The second-order valence-electron chi connectivity index (χ2n) is 2.84. The normalized spacial score (nSPS) is 10.4. The summed E-state index contributed by atoms with van der Waals surface area (Å²) in [6.07, 6.45) is 2.27. The zero-order valence-electron chi connectivity index (χ0n) is 7.93. The van der Waals surface area contributed by atoms with E-state index in [1.54, 1.807) is 6.08 Å². The lowest BCUT2D eigenvalue weighted by molar-refractivity contribution is 0.102. The van der Waals surface area contributed by atoms with Crippen molar-refractivity contribution in [3.05, 3.63) is 41.5 Å². The van der Waals surface area contributed by atoms with Gasteiger partial charge >= 0.3 is 6.16 Å². The van der Waals surface area contributed by atoms with E-state index in [0.29, 0.717) is 0 Å². The van der Waals surface area contributed by atoms with Crippen LogP contribution in [0.15, 0.2) is 30.3 Å². The van der Waals surface area contributed by atoms with Crippen LogP contribution in [0.5, 0.6) is 0 Å². The van der Waals surface area contributed by atoms with Gasteiger partial charge < -0.3 is 9.84 Å². The van der Waals surface area contributed by atoms with E-state index in [1.807, 2.05) is 37.3 Å². The zero-order chi connectivity index (χ0) is 10.4. The molecule has 1 aromatic carbocycles. The van der Waals surface area contributed by atoms with Gasteiger partial charge in [-0.05, 0) is 24.1 Å². The van der Waals surface area contributed by atoms with Crippen LogP contribution < -0.4 is 0 Å². The maximum Gasteiger partial charge on any atom is 0.506 e. The van der Waals surface area contributed by atoms with Gasteiger partial charge in [0.1, 0.15) is 6.61 Å². The summed E-state index contributed by atoms with van der Waals surface area (Å²) in [4.78, 5) is 10.0. The minimum atomic E-state index is -1.25. The minimum Gasteiger partial charge on any atom is -0.450 e. The molecule has 3 nitrogen and oxygen atoms in total. The molecular weight excluding hydrogens is 180 g/mol. The third kappa shape index (κ3) is 3.31. The van der Waals surface area contributed by atoms with Gasteiger partial charge in [0.15, 0.2) is 0 Å². The molecule has 0 amide bonds.